The van der Waals surface area contributed by atoms with Gasteiger partial charge >= 0.3 is 0 Å². The first-order chi connectivity index (χ1) is 7.24. The summed E-state index contributed by atoms with van der Waals surface area (Å²) in [6.07, 6.45) is 0.851. The van der Waals surface area contributed by atoms with Gasteiger partial charge in [-0.25, -0.2) is 4.98 Å². The molecule has 0 amide bonds. The molecule has 2 aromatic heterocycles. The molecule has 0 aliphatic rings. The maximum absolute atomic E-state index is 4.43. The van der Waals surface area contributed by atoms with E-state index in [0.29, 0.717) is 5.25 Å². The van der Waals surface area contributed by atoms with E-state index in [-0.39, 0.29) is 0 Å². The Balaban J connectivity index is 2.01. The van der Waals surface area contributed by atoms with Crippen LogP contribution in [-0.4, -0.2) is 20.4 Å². The minimum atomic E-state index is 0.524. The molecule has 0 aromatic carbocycles. The fraction of sp³-hybridized carbons (Fsp3) is 0.400. The van der Waals surface area contributed by atoms with Gasteiger partial charge in [-0.05, 0) is 11.4 Å². The van der Waals surface area contributed by atoms with E-state index in [1.165, 1.54) is 4.88 Å². The Morgan fingerprint density at radius 1 is 1.53 bits per heavy atom. The van der Waals surface area contributed by atoms with Crippen molar-refractivity contribution in [1.29, 1.82) is 0 Å². The molecule has 0 aliphatic heterocycles. The fourth-order valence-corrected chi connectivity index (χ4v) is 2.59. The van der Waals surface area contributed by atoms with Crippen molar-refractivity contribution in [1.82, 2.24) is 15.2 Å². The predicted molar refractivity (Wildman–Crippen MR) is 64.5 cm³/mol. The average Bonchev–Trinajstić information content (AvgIpc) is 2.77. The number of nitrogens with zero attached hydrogens (tertiary/aromatic N) is 2. The van der Waals surface area contributed by atoms with E-state index in [2.05, 4.69) is 46.5 Å². The highest BCUT2D eigenvalue weighted by molar-refractivity contribution is 7.99. The van der Waals surface area contributed by atoms with Gasteiger partial charge in [0.25, 0.3) is 0 Å². The summed E-state index contributed by atoms with van der Waals surface area (Å²) in [6.45, 7) is 4.28. The topological polar surface area (TPSA) is 41.6 Å². The molecular weight excluding hydrogens is 226 g/mol. The lowest BCUT2D eigenvalue weighted by atomic mass is 10.3. The van der Waals surface area contributed by atoms with Crippen LogP contribution < -0.4 is 0 Å². The molecular formula is C10H13N3S2. The molecule has 0 atom stereocenters. The zero-order valence-corrected chi connectivity index (χ0v) is 10.4. The van der Waals surface area contributed by atoms with Crippen molar-refractivity contribution in [3.63, 3.8) is 0 Å². The van der Waals surface area contributed by atoms with Gasteiger partial charge < -0.3 is 0 Å². The van der Waals surface area contributed by atoms with Gasteiger partial charge in [-0.2, -0.15) is 0 Å². The second kappa shape index (κ2) is 4.81. The van der Waals surface area contributed by atoms with E-state index in [9.17, 15) is 0 Å². The van der Waals surface area contributed by atoms with E-state index in [0.717, 1.165) is 17.4 Å². The number of nitrogens with one attached hydrogen (secondary N) is 1. The molecule has 2 aromatic rings. The van der Waals surface area contributed by atoms with Gasteiger partial charge in [0.1, 0.15) is 5.82 Å². The Labute approximate surface area is 97.3 Å². The predicted octanol–water partition coefficient (Wildman–Crippen LogP) is 2.96. The van der Waals surface area contributed by atoms with E-state index >= 15 is 0 Å². The number of hydrogen-bond donors (Lipinski definition) is 1. The molecule has 15 heavy (non-hydrogen) atoms. The molecule has 0 saturated heterocycles. The van der Waals surface area contributed by atoms with Crippen LogP contribution in [0.5, 0.6) is 0 Å². The molecule has 3 nitrogen and oxygen atoms in total. The summed E-state index contributed by atoms with van der Waals surface area (Å²) in [7, 11) is 0. The average molecular weight is 239 g/mol. The molecule has 0 unspecified atom stereocenters. The van der Waals surface area contributed by atoms with Gasteiger partial charge in [-0.15, -0.1) is 16.4 Å². The van der Waals surface area contributed by atoms with Crippen LogP contribution in [0.2, 0.25) is 0 Å². The fourth-order valence-electron chi connectivity index (χ4n) is 1.20. The van der Waals surface area contributed by atoms with Crippen molar-refractivity contribution in [2.75, 3.05) is 0 Å². The number of thioether (sulfide) groups is 1. The van der Waals surface area contributed by atoms with Gasteiger partial charge in [0.15, 0.2) is 0 Å². The molecule has 2 rings (SSSR count). The summed E-state index contributed by atoms with van der Waals surface area (Å²) < 4.78 is 0. The minimum Gasteiger partial charge on any atom is -0.262 e. The van der Waals surface area contributed by atoms with Crippen LogP contribution in [0, 0.1) is 0 Å². The monoisotopic (exact) mass is 239 g/mol. The molecule has 0 radical (unpaired) electrons. The van der Waals surface area contributed by atoms with Crippen molar-refractivity contribution in [3.8, 4) is 0 Å². The van der Waals surface area contributed by atoms with Crippen LogP contribution in [0.4, 0.5) is 0 Å². The summed E-state index contributed by atoms with van der Waals surface area (Å²) >= 11 is 3.43. The molecule has 1 N–H and O–H groups in total. The molecule has 0 bridgehead atoms. The highest BCUT2D eigenvalue weighted by Crippen LogP contribution is 2.19. The van der Waals surface area contributed by atoms with Crippen LogP contribution in [0.1, 0.15) is 24.5 Å². The number of rotatable bonds is 4. The quantitative estimate of drug-likeness (QED) is 0.834. The Bertz CT molecular complexity index is 406. The summed E-state index contributed by atoms with van der Waals surface area (Å²) in [6, 6.07) is 4.17. The molecule has 80 valence electrons. The van der Waals surface area contributed by atoms with Crippen molar-refractivity contribution in [2.45, 2.75) is 30.7 Å². The van der Waals surface area contributed by atoms with E-state index in [1.807, 2.05) is 0 Å². The first-order valence-electron chi connectivity index (χ1n) is 4.84. The maximum atomic E-state index is 4.43. The molecule has 0 spiro atoms. The molecule has 2 heterocycles. The van der Waals surface area contributed by atoms with Crippen LogP contribution in [0.15, 0.2) is 22.7 Å². The zero-order valence-electron chi connectivity index (χ0n) is 8.73. The molecule has 0 saturated carbocycles. The largest absolute Gasteiger partial charge is 0.262 e. The van der Waals surface area contributed by atoms with E-state index in [1.54, 1.807) is 23.1 Å². The number of H-pyrrole nitrogens is 1. The van der Waals surface area contributed by atoms with E-state index in [4.69, 9.17) is 0 Å². The smallest absolute Gasteiger partial charge is 0.208 e. The summed E-state index contributed by atoms with van der Waals surface area (Å²) in [4.78, 5) is 5.74. The molecule has 0 aliphatic carbocycles. The van der Waals surface area contributed by atoms with Crippen LogP contribution in [0.3, 0.4) is 0 Å². The Kier molecular flexibility index (Phi) is 3.43. The highest BCUT2D eigenvalue weighted by Gasteiger charge is 2.06. The highest BCUT2D eigenvalue weighted by atomic mass is 32.2. The van der Waals surface area contributed by atoms with Crippen molar-refractivity contribution >= 4 is 23.1 Å². The van der Waals surface area contributed by atoms with Crippen LogP contribution in [0.25, 0.3) is 0 Å². The normalized spacial score (nSPS) is 11.1. The summed E-state index contributed by atoms with van der Waals surface area (Å²) in [5.74, 6) is 0.945. The Morgan fingerprint density at radius 3 is 3.07 bits per heavy atom. The second-order valence-electron chi connectivity index (χ2n) is 3.49. The third kappa shape index (κ3) is 3.07. The third-order valence-corrected chi connectivity index (χ3v) is 3.52. The maximum Gasteiger partial charge on any atom is 0.208 e. The second-order valence-corrected chi connectivity index (χ2v) is 6.06. The third-order valence-electron chi connectivity index (χ3n) is 1.77. The van der Waals surface area contributed by atoms with Gasteiger partial charge in [0.05, 0.1) is 0 Å². The lowest BCUT2D eigenvalue weighted by Gasteiger charge is -1.96. The van der Waals surface area contributed by atoms with E-state index < -0.39 is 0 Å². The molecule has 5 heteroatoms. The standard InChI is InChI=1S/C10H13N3S2/c1-7(2)15-10-11-9(12-13-10)6-8-4-3-5-14-8/h3-5,7H,6H2,1-2H3,(H,11,12,13). The first-order valence-corrected chi connectivity index (χ1v) is 6.60. The van der Waals surface area contributed by atoms with Crippen LogP contribution >= 0.6 is 23.1 Å². The van der Waals surface area contributed by atoms with Gasteiger partial charge in [-0.1, -0.05) is 31.7 Å². The van der Waals surface area contributed by atoms with Crippen LogP contribution in [-0.2, 0) is 6.42 Å². The lowest BCUT2D eigenvalue weighted by Crippen LogP contribution is -1.88. The Hall–Kier alpha value is -0.810. The van der Waals surface area contributed by atoms with Gasteiger partial charge in [-0.3, -0.25) is 5.10 Å². The Morgan fingerprint density at radius 2 is 2.40 bits per heavy atom. The lowest BCUT2D eigenvalue weighted by molar-refractivity contribution is 0.953. The zero-order chi connectivity index (χ0) is 10.7. The van der Waals surface area contributed by atoms with Gasteiger partial charge in [0.2, 0.25) is 5.16 Å². The number of aromatic nitrogens is 3. The van der Waals surface area contributed by atoms with Crippen molar-refractivity contribution in [2.24, 2.45) is 0 Å². The SMILES string of the molecule is CC(C)Sc1n[nH]c(Cc2cccs2)n1. The number of thiophene rings is 1. The number of aromatic amines is 1. The number of hydrogen-bond acceptors (Lipinski definition) is 4. The van der Waals surface area contributed by atoms with Gasteiger partial charge in [0, 0.05) is 16.5 Å². The first kappa shape index (κ1) is 10.7. The minimum absolute atomic E-state index is 0.524. The summed E-state index contributed by atoms with van der Waals surface area (Å²) in [5, 5.41) is 10.6. The van der Waals surface area contributed by atoms with Crippen molar-refractivity contribution in [3.05, 3.63) is 28.2 Å². The van der Waals surface area contributed by atoms with Crippen molar-refractivity contribution < 1.29 is 0 Å². The molecule has 0 fully saturated rings. The summed E-state index contributed by atoms with van der Waals surface area (Å²) in [5.41, 5.74) is 0.